The van der Waals surface area contributed by atoms with Gasteiger partial charge in [0, 0.05) is 25.3 Å². The van der Waals surface area contributed by atoms with Crippen LogP contribution >= 0.6 is 0 Å². The maximum Gasteiger partial charge on any atom is 0.253 e. The van der Waals surface area contributed by atoms with Crippen LogP contribution in [0.25, 0.3) is 11.2 Å². The van der Waals surface area contributed by atoms with Crippen molar-refractivity contribution in [3.8, 4) is 0 Å². The molecule has 2 heterocycles. The van der Waals surface area contributed by atoms with E-state index in [-0.39, 0.29) is 18.0 Å². The molecule has 0 bridgehead atoms. The van der Waals surface area contributed by atoms with Gasteiger partial charge < -0.3 is 15.6 Å². The highest BCUT2D eigenvalue weighted by molar-refractivity contribution is 5.96. The Kier molecular flexibility index (Phi) is 2.94. The topological polar surface area (TPSA) is 85.8 Å². The molecular formula is C13H17N5O. The Balaban J connectivity index is 1.77. The number of imidazole rings is 1. The van der Waals surface area contributed by atoms with E-state index in [2.05, 4.69) is 15.3 Å². The number of pyridine rings is 1. The van der Waals surface area contributed by atoms with Gasteiger partial charge in [0.1, 0.15) is 5.52 Å². The molecule has 0 aliphatic heterocycles. The van der Waals surface area contributed by atoms with Gasteiger partial charge in [-0.05, 0) is 25.3 Å². The highest BCUT2D eigenvalue weighted by Gasteiger charge is 2.23. The predicted molar refractivity (Wildman–Crippen MR) is 71.6 cm³/mol. The molecule has 6 heteroatoms. The van der Waals surface area contributed by atoms with E-state index in [1.54, 1.807) is 18.6 Å². The monoisotopic (exact) mass is 259 g/mol. The van der Waals surface area contributed by atoms with E-state index in [4.69, 9.17) is 5.73 Å². The Hall–Kier alpha value is -1.95. The van der Waals surface area contributed by atoms with Crippen LogP contribution in [0.1, 0.15) is 29.6 Å². The minimum atomic E-state index is -0.0980. The average Bonchev–Trinajstić information content (AvgIpc) is 2.96. The van der Waals surface area contributed by atoms with E-state index in [9.17, 15) is 4.79 Å². The molecule has 19 heavy (non-hydrogen) atoms. The minimum absolute atomic E-state index is 0.0980. The normalized spacial score (nSPS) is 22.8. The lowest BCUT2D eigenvalue weighted by molar-refractivity contribution is 0.0937. The van der Waals surface area contributed by atoms with Gasteiger partial charge >= 0.3 is 0 Å². The van der Waals surface area contributed by atoms with E-state index in [0.29, 0.717) is 5.56 Å². The molecule has 3 N–H and O–H groups in total. The molecule has 3 rings (SSSR count). The minimum Gasteiger partial charge on any atom is -0.349 e. The Morgan fingerprint density at radius 1 is 1.47 bits per heavy atom. The summed E-state index contributed by atoms with van der Waals surface area (Å²) < 4.78 is 1.83. The van der Waals surface area contributed by atoms with Crippen molar-refractivity contribution >= 4 is 17.1 Å². The number of hydrogen-bond acceptors (Lipinski definition) is 4. The third-order valence-corrected chi connectivity index (χ3v) is 3.62. The van der Waals surface area contributed by atoms with E-state index in [0.717, 1.165) is 30.4 Å². The Morgan fingerprint density at radius 3 is 3.05 bits per heavy atom. The maximum absolute atomic E-state index is 12.1. The molecule has 2 atom stereocenters. The maximum atomic E-state index is 12.1. The van der Waals surface area contributed by atoms with Gasteiger partial charge in [-0.15, -0.1) is 0 Å². The predicted octanol–water partition coefficient (Wildman–Crippen LogP) is 0.578. The van der Waals surface area contributed by atoms with E-state index >= 15 is 0 Å². The quantitative estimate of drug-likeness (QED) is 0.826. The molecule has 0 radical (unpaired) electrons. The SMILES string of the molecule is Cn1cnc2cc(C(=O)N[C@@H]3CC[C@@H](N)C3)cnc21. The zero-order valence-corrected chi connectivity index (χ0v) is 10.8. The number of nitrogens with two attached hydrogens (primary N) is 1. The summed E-state index contributed by atoms with van der Waals surface area (Å²) in [7, 11) is 1.88. The summed E-state index contributed by atoms with van der Waals surface area (Å²) in [6.07, 6.45) is 6.06. The first kappa shape index (κ1) is 12.1. The van der Waals surface area contributed by atoms with Crippen LogP contribution in [0.4, 0.5) is 0 Å². The van der Waals surface area contributed by atoms with Gasteiger partial charge in [-0.2, -0.15) is 0 Å². The Labute approximate surface area is 111 Å². The second kappa shape index (κ2) is 4.62. The molecule has 100 valence electrons. The molecule has 1 saturated carbocycles. The number of nitrogens with one attached hydrogen (secondary N) is 1. The molecule has 0 saturated heterocycles. The van der Waals surface area contributed by atoms with Gasteiger partial charge in [0.15, 0.2) is 5.65 Å². The van der Waals surface area contributed by atoms with Crippen LogP contribution in [0.5, 0.6) is 0 Å². The van der Waals surface area contributed by atoms with Crippen LogP contribution in [-0.4, -0.2) is 32.5 Å². The summed E-state index contributed by atoms with van der Waals surface area (Å²) in [5.74, 6) is -0.0980. The highest BCUT2D eigenvalue weighted by Crippen LogP contribution is 2.18. The molecule has 0 unspecified atom stereocenters. The molecule has 0 aromatic carbocycles. The lowest BCUT2D eigenvalue weighted by atomic mass is 10.2. The van der Waals surface area contributed by atoms with Crippen LogP contribution in [-0.2, 0) is 7.05 Å². The molecule has 2 aromatic heterocycles. The van der Waals surface area contributed by atoms with Gasteiger partial charge in [0.25, 0.3) is 5.91 Å². The Bertz CT molecular complexity index is 621. The van der Waals surface area contributed by atoms with Crippen molar-refractivity contribution in [1.82, 2.24) is 19.9 Å². The molecular weight excluding hydrogens is 242 g/mol. The highest BCUT2D eigenvalue weighted by atomic mass is 16.1. The third-order valence-electron chi connectivity index (χ3n) is 3.62. The molecule has 2 aromatic rings. The summed E-state index contributed by atoms with van der Waals surface area (Å²) in [5.41, 5.74) is 7.90. The van der Waals surface area contributed by atoms with Crippen LogP contribution < -0.4 is 11.1 Å². The van der Waals surface area contributed by atoms with Gasteiger partial charge in [-0.1, -0.05) is 0 Å². The number of carbonyl (C=O) groups excluding carboxylic acids is 1. The number of nitrogens with zero attached hydrogens (tertiary/aromatic N) is 3. The molecule has 1 aliphatic carbocycles. The number of rotatable bonds is 2. The standard InChI is InChI=1S/C13H17N5O/c1-18-7-16-11-4-8(6-15-12(11)18)13(19)17-10-3-2-9(14)5-10/h4,6-7,9-10H,2-3,5,14H2,1H3,(H,17,19)/t9-,10-/m1/s1. The van der Waals surface area contributed by atoms with Crippen molar-refractivity contribution in [2.75, 3.05) is 0 Å². The third kappa shape index (κ3) is 2.31. The largest absolute Gasteiger partial charge is 0.349 e. The van der Waals surface area contributed by atoms with Crippen molar-refractivity contribution in [1.29, 1.82) is 0 Å². The zero-order chi connectivity index (χ0) is 13.4. The number of hydrogen-bond donors (Lipinski definition) is 2. The number of amides is 1. The smallest absolute Gasteiger partial charge is 0.253 e. The Morgan fingerprint density at radius 2 is 2.32 bits per heavy atom. The van der Waals surface area contributed by atoms with Crippen LogP contribution in [0, 0.1) is 0 Å². The number of fused-ring (bicyclic) bond motifs is 1. The fourth-order valence-corrected chi connectivity index (χ4v) is 2.56. The first-order valence-electron chi connectivity index (χ1n) is 6.47. The summed E-state index contributed by atoms with van der Waals surface area (Å²) in [6.45, 7) is 0. The first-order valence-corrected chi connectivity index (χ1v) is 6.47. The summed E-state index contributed by atoms with van der Waals surface area (Å²) >= 11 is 0. The summed E-state index contributed by atoms with van der Waals surface area (Å²) in [6, 6.07) is 2.16. The fourth-order valence-electron chi connectivity index (χ4n) is 2.56. The fraction of sp³-hybridized carbons (Fsp3) is 0.462. The van der Waals surface area contributed by atoms with Crippen molar-refractivity contribution in [3.05, 3.63) is 24.2 Å². The zero-order valence-electron chi connectivity index (χ0n) is 10.8. The van der Waals surface area contributed by atoms with Crippen molar-refractivity contribution in [2.45, 2.75) is 31.3 Å². The van der Waals surface area contributed by atoms with Gasteiger partial charge in [0.2, 0.25) is 0 Å². The van der Waals surface area contributed by atoms with E-state index in [1.807, 2.05) is 11.6 Å². The summed E-state index contributed by atoms with van der Waals surface area (Å²) in [5, 5.41) is 3.00. The van der Waals surface area contributed by atoms with Crippen molar-refractivity contribution in [2.24, 2.45) is 12.8 Å². The second-order valence-corrected chi connectivity index (χ2v) is 5.17. The number of aromatic nitrogens is 3. The van der Waals surface area contributed by atoms with Gasteiger partial charge in [0.05, 0.1) is 11.9 Å². The lowest BCUT2D eigenvalue weighted by Crippen LogP contribution is -2.34. The van der Waals surface area contributed by atoms with E-state index < -0.39 is 0 Å². The number of aryl methyl sites for hydroxylation is 1. The van der Waals surface area contributed by atoms with E-state index in [1.165, 1.54) is 0 Å². The molecule has 1 fully saturated rings. The first-order chi connectivity index (χ1) is 9.13. The molecule has 6 nitrogen and oxygen atoms in total. The van der Waals surface area contributed by atoms with Crippen LogP contribution in [0.2, 0.25) is 0 Å². The average molecular weight is 259 g/mol. The van der Waals surface area contributed by atoms with Crippen molar-refractivity contribution in [3.63, 3.8) is 0 Å². The molecule has 0 spiro atoms. The van der Waals surface area contributed by atoms with Gasteiger partial charge in [-0.25, -0.2) is 9.97 Å². The van der Waals surface area contributed by atoms with Gasteiger partial charge in [-0.3, -0.25) is 4.79 Å². The second-order valence-electron chi connectivity index (χ2n) is 5.17. The summed E-state index contributed by atoms with van der Waals surface area (Å²) in [4.78, 5) is 20.6. The number of carbonyl (C=O) groups is 1. The lowest BCUT2D eigenvalue weighted by Gasteiger charge is -2.12. The molecule has 1 aliphatic rings. The van der Waals surface area contributed by atoms with Crippen LogP contribution in [0.3, 0.4) is 0 Å². The molecule has 1 amide bonds. The van der Waals surface area contributed by atoms with Crippen LogP contribution in [0.15, 0.2) is 18.6 Å². The van der Waals surface area contributed by atoms with Crippen molar-refractivity contribution < 1.29 is 4.79 Å².